The number of hydrogen-bond acceptors (Lipinski definition) is 2. The van der Waals surface area contributed by atoms with E-state index in [1.54, 1.807) is 0 Å². The van der Waals surface area contributed by atoms with Crippen LogP contribution in [0.3, 0.4) is 0 Å². The van der Waals surface area contributed by atoms with Crippen LogP contribution in [0.1, 0.15) is 64.6 Å². The molecule has 0 aliphatic rings. The molecule has 17 heavy (non-hydrogen) atoms. The first kappa shape index (κ1) is 14.2. The third-order valence-corrected chi connectivity index (χ3v) is 3.25. The number of aromatic nitrogens is 2. The van der Waals surface area contributed by atoms with Gasteiger partial charge in [0.2, 0.25) is 0 Å². The van der Waals surface area contributed by atoms with Crippen LogP contribution in [0.2, 0.25) is 0 Å². The highest BCUT2D eigenvalue weighted by Crippen LogP contribution is 2.17. The molecule has 1 atom stereocenters. The van der Waals surface area contributed by atoms with Crippen molar-refractivity contribution in [3.63, 3.8) is 0 Å². The van der Waals surface area contributed by atoms with Gasteiger partial charge in [0.05, 0.1) is 12.0 Å². The standard InChI is InChI=1S/C14H27N3/c1-4-6-7-8-9-13(3)17-12-16-11-14(17)10-15-5-2/h11-13,15H,4-10H2,1-3H3. The summed E-state index contributed by atoms with van der Waals surface area (Å²) in [7, 11) is 0. The second kappa shape index (κ2) is 8.29. The smallest absolute Gasteiger partial charge is 0.0951 e. The summed E-state index contributed by atoms with van der Waals surface area (Å²) in [5, 5.41) is 3.36. The largest absolute Gasteiger partial charge is 0.331 e. The molecule has 0 aliphatic heterocycles. The Kier molecular flexibility index (Phi) is 6.94. The van der Waals surface area contributed by atoms with Crippen molar-refractivity contribution in [2.45, 2.75) is 65.5 Å². The van der Waals surface area contributed by atoms with Crippen LogP contribution in [0.4, 0.5) is 0 Å². The summed E-state index contributed by atoms with van der Waals surface area (Å²) in [4.78, 5) is 4.26. The van der Waals surface area contributed by atoms with E-state index in [4.69, 9.17) is 0 Å². The number of rotatable bonds is 9. The molecule has 0 aromatic carbocycles. The summed E-state index contributed by atoms with van der Waals surface area (Å²) in [6, 6.07) is 0.572. The van der Waals surface area contributed by atoms with Crippen LogP contribution in [-0.2, 0) is 6.54 Å². The van der Waals surface area contributed by atoms with Crippen molar-refractivity contribution < 1.29 is 0 Å². The predicted molar refractivity (Wildman–Crippen MR) is 73.1 cm³/mol. The topological polar surface area (TPSA) is 29.9 Å². The Morgan fingerprint density at radius 3 is 2.82 bits per heavy atom. The lowest BCUT2D eigenvalue weighted by molar-refractivity contribution is 0.456. The second-order valence-corrected chi connectivity index (χ2v) is 4.77. The number of imidazole rings is 1. The third kappa shape index (κ3) is 4.90. The summed E-state index contributed by atoms with van der Waals surface area (Å²) in [5.74, 6) is 0. The molecule has 1 rings (SSSR count). The number of nitrogens with one attached hydrogen (secondary N) is 1. The van der Waals surface area contributed by atoms with Gasteiger partial charge in [-0.15, -0.1) is 0 Å². The Bertz CT molecular complexity index is 293. The van der Waals surface area contributed by atoms with E-state index in [1.807, 2.05) is 12.5 Å². The van der Waals surface area contributed by atoms with Crippen LogP contribution < -0.4 is 5.32 Å². The van der Waals surface area contributed by atoms with Crippen molar-refractivity contribution in [1.29, 1.82) is 0 Å². The molecule has 0 aliphatic carbocycles. The highest BCUT2D eigenvalue weighted by molar-refractivity contribution is 4.99. The first-order valence-corrected chi connectivity index (χ1v) is 7.01. The van der Waals surface area contributed by atoms with E-state index < -0.39 is 0 Å². The molecule has 0 saturated carbocycles. The minimum Gasteiger partial charge on any atom is -0.331 e. The second-order valence-electron chi connectivity index (χ2n) is 4.77. The Morgan fingerprint density at radius 2 is 2.12 bits per heavy atom. The van der Waals surface area contributed by atoms with Crippen molar-refractivity contribution in [3.8, 4) is 0 Å². The zero-order chi connectivity index (χ0) is 12.5. The zero-order valence-corrected chi connectivity index (χ0v) is 11.6. The van der Waals surface area contributed by atoms with Gasteiger partial charge in [-0.3, -0.25) is 0 Å². The Balaban J connectivity index is 2.39. The van der Waals surface area contributed by atoms with Gasteiger partial charge in [0.25, 0.3) is 0 Å². The van der Waals surface area contributed by atoms with Crippen LogP contribution in [0.15, 0.2) is 12.5 Å². The average Bonchev–Trinajstić information content (AvgIpc) is 2.80. The zero-order valence-electron chi connectivity index (χ0n) is 11.6. The fraction of sp³-hybridized carbons (Fsp3) is 0.786. The average molecular weight is 237 g/mol. The fourth-order valence-corrected chi connectivity index (χ4v) is 2.12. The maximum absolute atomic E-state index is 4.26. The molecule has 1 N–H and O–H groups in total. The maximum atomic E-state index is 4.26. The van der Waals surface area contributed by atoms with Gasteiger partial charge in [-0.05, 0) is 19.9 Å². The van der Waals surface area contributed by atoms with Crippen LogP contribution in [0.25, 0.3) is 0 Å². The summed E-state index contributed by atoms with van der Waals surface area (Å²) >= 11 is 0. The lowest BCUT2D eigenvalue weighted by atomic mass is 10.1. The summed E-state index contributed by atoms with van der Waals surface area (Å²) in [6.07, 6.45) is 10.6. The monoisotopic (exact) mass is 237 g/mol. The van der Waals surface area contributed by atoms with E-state index in [-0.39, 0.29) is 0 Å². The molecule has 1 aromatic heterocycles. The van der Waals surface area contributed by atoms with Gasteiger partial charge in [0.1, 0.15) is 0 Å². The van der Waals surface area contributed by atoms with Crippen molar-refractivity contribution in [3.05, 3.63) is 18.2 Å². The lowest BCUT2D eigenvalue weighted by Gasteiger charge is -2.16. The minimum absolute atomic E-state index is 0.572. The van der Waals surface area contributed by atoms with Gasteiger partial charge in [0, 0.05) is 18.8 Å². The molecular formula is C14H27N3. The van der Waals surface area contributed by atoms with Gasteiger partial charge in [-0.25, -0.2) is 4.98 Å². The lowest BCUT2D eigenvalue weighted by Crippen LogP contribution is -2.17. The number of unbranched alkanes of at least 4 members (excludes halogenated alkanes) is 3. The van der Waals surface area contributed by atoms with Crippen LogP contribution >= 0.6 is 0 Å². The van der Waals surface area contributed by atoms with Crippen LogP contribution in [-0.4, -0.2) is 16.1 Å². The Morgan fingerprint density at radius 1 is 1.29 bits per heavy atom. The van der Waals surface area contributed by atoms with Gasteiger partial charge in [-0.1, -0.05) is 39.5 Å². The first-order chi connectivity index (χ1) is 8.29. The van der Waals surface area contributed by atoms with E-state index in [0.29, 0.717) is 6.04 Å². The molecule has 1 unspecified atom stereocenters. The molecule has 3 nitrogen and oxygen atoms in total. The van der Waals surface area contributed by atoms with Gasteiger partial charge >= 0.3 is 0 Å². The van der Waals surface area contributed by atoms with E-state index in [0.717, 1.165) is 13.1 Å². The van der Waals surface area contributed by atoms with E-state index >= 15 is 0 Å². The van der Waals surface area contributed by atoms with Gasteiger partial charge < -0.3 is 9.88 Å². The molecule has 0 radical (unpaired) electrons. The predicted octanol–water partition coefficient (Wildman–Crippen LogP) is 3.52. The molecule has 0 fully saturated rings. The van der Waals surface area contributed by atoms with Crippen molar-refractivity contribution in [2.24, 2.45) is 0 Å². The summed E-state index contributed by atoms with van der Waals surface area (Å²) in [6.45, 7) is 8.62. The van der Waals surface area contributed by atoms with Gasteiger partial charge in [-0.2, -0.15) is 0 Å². The fourth-order valence-electron chi connectivity index (χ4n) is 2.12. The third-order valence-electron chi connectivity index (χ3n) is 3.25. The molecule has 0 spiro atoms. The number of nitrogens with zero attached hydrogens (tertiary/aromatic N) is 2. The van der Waals surface area contributed by atoms with Crippen LogP contribution in [0.5, 0.6) is 0 Å². The van der Waals surface area contributed by atoms with Gasteiger partial charge in [0.15, 0.2) is 0 Å². The molecule has 0 amide bonds. The number of hydrogen-bond donors (Lipinski definition) is 1. The molecule has 3 heteroatoms. The highest BCUT2D eigenvalue weighted by Gasteiger charge is 2.08. The van der Waals surface area contributed by atoms with E-state index in [2.05, 4.69) is 35.6 Å². The van der Waals surface area contributed by atoms with Crippen LogP contribution in [0, 0.1) is 0 Å². The van der Waals surface area contributed by atoms with E-state index in [1.165, 1.54) is 37.8 Å². The van der Waals surface area contributed by atoms with Crippen molar-refractivity contribution in [2.75, 3.05) is 6.54 Å². The molecule has 0 saturated heterocycles. The molecule has 1 heterocycles. The first-order valence-electron chi connectivity index (χ1n) is 7.01. The molecule has 98 valence electrons. The minimum atomic E-state index is 0.572. The molecule has 1 aromatic rings. The highest BCUT2D eigenvalue weighted by atomic mass is 15.1. The summed E-state index contributed by atoms with van der Waals surface area (Å²) < 4.78 is 2.31. The van der Waals surface area contributed by atoms with E-state index in [9.17, 15) is 0 Å². The Labute approximate surface area is 106 Å². The van der Waals surface area contributed by atoms with Crippen molar-refractivity contribution in [1.82, 2.24) is 14.9 Å². The SMILES string of the molecule is CCCCCCC(C)n1cncc1CNCC. The maximum Gasteiger partial charge on any atom is 0.0951 e. The Hall–Kier alpha value is -0.830. The molecule has 0 bridgehead atoms. The normalized spacial score (nSPS) is 12.9. The molecular weight excluding hydrogens is 210 g/mol. The van der Waals surface area contributed by atoms with Crippen molar-refractivity contribution >= 4 is 0 Å². The quantitative estimate of drug-likeness (QED) is 0.666. The summed E-state index contributed by atoms with van der Waals surface area (Å²) in [5.41, 5.74) is 1.30.